The van der Waals surface area contributed by atoms with Crippen LogP contribution in [0.4, 0.5) is 0 Å². The monoisotopic (exact) mass is 156 g/mol. The highest BCUT2D eigenvalue weighted by atomic mass is 16.6. The minimum Gasteiger partial charge on any atom is -0.450 e. The van der Waals surface area contributed by atoms with Crippen molar-refractivity contribution in [3.8, 4) is 0 Å². The smallest absolute Gasteiger partial charge is 0.417 e. The first-order chi connectivity index (χ1) is 5.27. The maximum atomic E-state index is 10.6. The molecule has 1 heterocycles. The quantitative estimate of drug-likeness (QED) is 0.366. The summed E-state index contributed by atoms with van der Waals surface area (Å²) in [5.41, 5.74) is 0. The van der Waals surface area contributed by atoms with Crippen LogP contribution < -0.4 is 0 Å². The standard InChI is InChI=1S/C7H8O4/c8-6-7(9)11-5-3-1-2-4(5)10-6/h4-5H,1-3H2/t4-,5+. The van der Waals surface area contributed by atoms with Gasteiger partial charge in [0.05, 0.1) is 0 Å². The molecule has 0 radical (unpaired) electrons. The summed E-state index contributed by atoms with van der Waals surface area (Å²) in [6, 6.07) is 0. The fourth-order valence-corrected chi connectivity index (χ4v) is 1.53. The largest absolute Gasteiger partial charge is 0.450 e. The van der Waals surface area contributed by atoms with Crippen LogP contribution in [0.2, 0.25) is 0 Å². The molecule has 0 amide bonds. The summed E-state index contributed by atoms with van der Waals surface area (Å²) in [7, 11) is 0. The summed E-state index contributed by atoms with van der Waals surface area (Å²) < 4.78 is 9.62. The first-order valence-corrected chi connectivity index (χ1v) is 3.69. The van der Waals surface area contributed by atoms with Gasteiger partial charge in [0.2, 0.25) is 0 Å². The molecular formula is C7H8O4. The molecule has 4 heteroatoms. The molecule has 2 fully saturated rings. The summed E-state index contributed by atoms with van der Waals surface area (Å²) in [4.78, 5) is 21.3. The Hall–Kier alpha value is -1.06. The van der Waals surface area contributed by atoms with Crippen LogP contribution in [0.15, 0.2) is 0 Å². The van der Waals surface area contributed by atoms with Crippen molar-refractivity contribution in [2.75, 3.05) is 0 Å². The average Bonchev–Trinajstić information content (AvgIpc) is 2.36. The van der Waals surface area contributed by atoms with Gasteiger partial charge in [0.15, 0.2) is 0 Å². The lowest BCUT2D eigenvalue weighted by Crippen LogP contribution is -2.41. The second kappa shape index (κ2) is 2.22. The third-order valence-electron chi connectivity index (χ3n) is 2.08. The third kappa shape index (κ3) is 0.982. The van der Waals surface area contributed by atoms with Gasteiger partial charge in [0.1, 0.15) is 12.2 Å². The SMILES string of the molecule is O=C1O[C@H]2CCC[C@H]2OC1=O. The molecule has 2 aliphatic rings. The van der Waals surface area contributed by atoms with E-state index in [1.54, 1.807) is 0 Å². The summed E-state index contributed by atoms with van der Waals surface area (Å²) in [5.74, 6) is -1.68. The van der Waals surface area contributed by atoms with Gasteiger partial charge in [-0.3, -0.25) is 0 Å². The Morgan fingerprint density at radius 3 is 1.91 bits per heavy atom. The van der Waals surface area contributed by atoms with Gasteiger partial charge >= 0.3 is 11.9 Å². The highest BCUT2D eigenvalue weighted by molar-refractivity contribution is 6.30. The Kier molecular flexibility index (Phi) is 1.34. The van der Waals surface area contributed by atoms with Crippen LogP contribution in [0, 0.1) is 0 Å². The van der Waals surface area contributed by atoms with Crippen LogP contribution >= 0.6 is 0 Å². The van der Waals surface area contributed by atoms with Gasteiger partial charge in [-0.2, -0.15) is 0 Å². The van der Waals surface area contributed by atoms with Crippen molar-refractivity contribution < 1.29 is 19.1 Å². The molecule has 0 aromatic heterocycles. The molecule has 60 valence electrons. The van der Waals surface area contributed by atoms with Crippen molar-refractivity contribution in [3.63, 3.8) is 0 Å². The van der Waals surface area contributed by atoms with Crippen molar-refractivity contribution in [2.24, 2.45) is 0 Å². The van der Waals surface area contributed by atoms with Crippen molar-refractivity contribution in [2.45, 2.75) is 31.5 Å². The van der Waals surface area contributed by atoms with Crippen LogP contribution in [-0.4, -0.2) is 24.1 Å². The number of esters is 2. The zero-order valence-corrected chi connectivity index (χ0v) is 5.91. The van der Waals surface area contributed by atoms with Gasteiger partial charge in [-0.1, -0.05) is 0 Å². The van der Waals surface area contributed by atoms with Gasteiger partial charge in [0.25, 0.3) is 0 Å². The maximum Gasteiger partial charge on any atom is 0.417 e. The predicted molar refractivity (Wildman–Crippen MR) is 33.6 cm³/mol. The van der Waals surface area contributed by atoms with Gasteiger partial charge in [-0.25, -0.2) is 9.59 Å². The molecule has 1 saturated carbocycles. The number of carbonyl (C=O) groups is 2. The molecule has 0 aromatic rings. The molecule has 11 heavy (non-hydrogen) atoms. The Morgan fingerprint density at radius 1 is 1.00 bits per heavy atom. The lowest BCUT2D eigenvalue weighted by Gasteiger charge is -2.24. The minimum absolute atomic E-state index is 0.166. The highest BCUT2D eigenvalue weighted by Gasteiger charge is 2.40. The summed E-state index contributed by atoms with van der Waals surface area (Å²) >= 11 is 0. The van der Waals surface area contributed by atoms with Crippen LogP contribution in [0.25, 0.3) is 0 Å². The van der Waals surface area contributed by atoms with Gasteiger partial charge in [0, 0.05) is 0 Å². The Balaban J connectivity index is 2.12. The maximum absolute atomic E-state index is 10.6. The number of carbonyl (C=O) groups excluding carboxylic acids is 2. The van der Waals surface area contributed by atoms with Crippen LogP contribution in [0.1, 0.15) is 19.3 Å². The van der Waals surface area contributed by atoms with E-state index >= 15 is 0 Å². The van der Waals surface area contributed by atoms with Crippen molar-refractivity contribution in [1.82, 2.24) is 0 Å². The van der Waals surface area contributed by atoms with E-state index in [1.165, 1.54) is 0 Å². The topological polar surface area (TPSA) is 52.6 Å². The molecule has 0 aromatic carbocycles. The molecular weight excluding hydrogens is 148 g/mol. The highest BCUT2D eigenvalue weighted by Crippen LogP contribution is 2.27. The van der Waals surface area contributed by atoms with E-state index in [2.05, 4.69) is 0 Å². The zero-order chi connectivity index (χ0) is 7.84. The molecule has 1 aliphatic heterocycles. The van der Waals surface area contributed by atoms with Crippen LogP contribution in [0.5, 0.6) is 0 Å². The first kappa shape index (κ1) is 6.64. The van der Waals surface area contributed by atoms with E-state index in [-0.39, 0.29) is 12.2 Å². The number of fused-ring (bicyclic) bond motifs is 1. The van der Waals surface area contributed by atoms with Crippen molar-refractivity contribution >= 4 is 11.9 Å². The van der Waals surface area contributed by atoms with Crippen molar-refractivity contribution in [3.05, 3.63) is 0 Å². The molecule has 0 unspecified atom stereocenters. The molecule has 4 nitrogen and oxygen atoms in total. The second-order valence-corrected chi connectivity index (χ2v) is 2.82. The van der Waals surface area contributed by atoms with E-state index in [4.69, 9.17) is 9.47 Å². The lowest BCUT2D eigenvalue weighted by molar-refractivity contribution is -0.191. The zero-order valence-electron chi connectivity index (χ0n) is 5.91. The Bertz CT molecular complexity index is 188. The van der Waals surface area contributed by atoms with Gasteiger partial charge in [-0.15, -0.1) is 0 Å². The fraction of sp³-hybridized carbons (Fsp3) is 0.714. The molecule has 1 aliphatic carbocycles. The number of hydrogen-bond acceptors (Lipinski definition) is 4. The van der Waals surface area contributed by atoms with Gasteiger partial charge < -0.3 is 9.47 Å². The number of rotatable bonds is 0. The predicted octanol–water partition coefficient (Wildman–Crippen LogP) is 0.00750. The molecule has 2 rings (SSSR count). The minimum atomic E-state index is -0.840. The van der Waals surface area contributed by atoms with Crippen molar-refractivity contribution in [1.29, 1.82) is 0 Å². The molecule has 2 atom stereocenters. The summed E-state index contributed by atoms with van der Waals surface area (Å²) in [6.07, 6.45) is 2.28. The molecule has 0 bridgehead atoms. The summed E-state index contributed by atoms with van der Waals surface area (Å²) in [5, 5.41) is 0. The normalized spacial score (nSPS) is 36.0. The van der Waals surface area contributed by atoms with E-state index in [0.29, 0.717) is 0 Å². The van der Waals surface area contributed by atoms with E-state index in [0.717, 1.165) is 19.3 Å². The molecule has 0 N–H and O–H groups in total. The van der Waals surface area contributed by atoms with E-state index in [9.17, 15) is 9.59 Å². The number of hydrogen-bond donors (Lipinski definition) is 0. The second-order valence-electron chi connectivity index (χ2n) is 2.82. The van der Waals surface area contributed by atoms with Crippen LogP contribution in [0.3, 0.4) is 0 Å². The molecule has 0 spiro atoms. The molecule has 1 saturated heterocycles. The number of ether oxygens (including phenoxy) is 2. The van der Waals surface area contributed by atoms with E-state index in [1.807, 2.05) is 0 Å². The van der Waals surface area contributed by atoms with Crippen LogP contribution in [-0.2, 0) is 19.1 Å². The third-order valence-corrected chi connectivity index (χ3v) is 2.08. The lowest BCUT2D eigenvalue weighted by atomic mass is 10.2. The average molecular weight is 156 g/mol. The van der Waals surface area contributed by atoms with E-state index < -0.39 is 11.9 Å². The Morgan fingerprint density at radius 2 is 1.45 bits per heavy atom. The first-order valence-electron chi connectivity index (χ1n) is 3.69. The fourth-order valence-electron chi connectivity index (χ4n) is 1.53. The summed E-state index contributed by atoms with van der Waals surface area (Å²) in [6.45, 7) is 0. The Labute approximate surface area is 63.5 Å². The van der Waals surface area contributed by atoms with Gasteiger partial charge in [-0.05, 0) is 19.3 Å².